The first-order chi connectivity index (χ1) is 11.3. The Kier molecular flexibility index (Phi) is 9.41. The van der Waals surface area contributed by atoms with Crippen molar-refractivity contribution in [1.82, 2.24) is 5.32 Å². The minimum atomic E-state index is -0.125. The van der Waals surface area contributed by atoms with Gasteiger partial charge in [0.25, 0.3) is 0 Å². The second-order valence-corrected chi connectivity index (χ2v) is 7.94. The van der Waals surface area contributed by atoms with Gasteiger partial charge in [-0.05, 0) is 58.6 Å². The van der Waals surface area contributed by atoms with Crippen LogP contribution in [-0.4, -0.2) is 31.3 Å². The fourth-order valence-corrected chi connectivity index (χ4v) is 2.73. The van der Waals surface area contributed by atoms with Crippen LogP contribution < -0.4 is 5.32 Å². The van der Waals surface area contributed by atoms with E-state index in [4.69, 9.17) is 8.92 Å². The zero-order chi connectivity index (χ0) is 18.0. The van der Waals surface area contributed by atoms with Crippen LogP contribution in [0.4, 0.5) is 0 Å². The summed E-state index contributed by atoms with van der Waals surface area (Å²) in [6, 6.07) is 8.29. The molecule has 0 saturated carbocycles. The van der Waals surface area contributed by atoms with Gasteiger partial charge in [-0.15, -0.1) is 0 Å². The molecule has 1 aromatic carbocycles. The number of hydrogen-bond donors (Lipinski definition) is 1. The van der Waals surface area contributed by atoms with E-state index in [0.717, 1.165) is 17.7 Å². The van der Waals surface area contributed by atoms with Crippen LogP contribution in [0.15, 0.2) is 29.2 Å². The largest absolute Gasteiger partial charge is 0.376 e. The molecule has 0 spiro atoms. The first-order valence-electron chi connectivity index (χ1n) is 8.51. The number of rotatable bonds is 10. The maximum absolute atomic E-state index is 11.0. The number of benzene rings is 1. The van der Waals surface area contributed by atoms with Gasteiger partial charge in [-0.25, -0.2) is 0 Å². The van der Waals surface area contributed by atoms with E-state index in [9.17, 15) is 4.79 Å². The predicted octanol–water partition coefficient (Wildman–Crippen LogP) is 4.37. The molecule has 0 saturated heterocycles. The zero-order valence-corrected chi connectivity index (χ0v) is 16.4. The first-order valence-corrected chi connectivity index (χ1v) is 9.25. The quantitative estimate of drug-likeness (QED) is 0.635. The van der Waals surface area contributed by atoms with Crippen LogP contribution in [0, 0.1) is 12.8 Å². The number of carbonyl (C=O) groups is 1. The summed E-state index contributed by atoms with van der Waals surface area (Å²) in [4.78, 5) is 12.1. The Morgan fingerprint density at radius 1 is 1.21 bits per heavy atom. The van der Waals surface area contributed by atoms with Crippen molar-refractivity contribution in [3.05, 3.63) is 29.8 Å². The molecule has 1 N–H and O–H groups in total. The van der Waals surface area contributed by atoms with Crippen LogP contribution in [0.25, 0.3) is 0 Å². The minimum absolute atomic E-state index is 0.00893. The predicted molar refractivity (Wildman–Crippen MR) is 100 cm³/mol. The maximum atomic E-state index is 11.0. The summed E-state index contributed by atoms with van der Waals surface area (Å²) >= 11 is 1.41. The molecule has 0 bridgehead atoms. The molecule has 4 nitrogen and oxygen atoms in total. The number of nitrogens with one attached hydrogen (secondary N) is 1. The fourth-order valence-electron chi connectivity index (χ4n) is 2.09. The zero-order valence-electron chi connectivity index (χ0n) is 15.6. The summed E-state index contributed by atoms with van der Waals surface area (Å²) in [5.74, 6) is 0.367. The topological polar surface area (TPSA) is 47.6 Å². The van der Waals surface area contributed by atoms with Crippen molar-refractivity contribution in [2.75, 3.05) is 19.8 Å². The van der Waals surface area contributed by atoms with E-state index >= 15 is 0 Å². The standard InChI is InChI=1S/C19H31NO3S/c1-15-6-8-18(9-7-15)24-23-14-17(10-12-20-16(2)21)11-13-22-19(3,4)5/h6-9,17H,10-14H2,1-5H3,(H,20,21). The molecule has 136 valence electrons. The lowest BCUT2D eigenvalue weighted by atomic mass is 10.0. The number of carbonyl (C=O) groups excluding carboxylic acids is 1. The van der Waals surface area contributed by atoms with Crippen molar-refractivity contribution in [2.24, 2.45) is 5.92 Å². The van der Waals surface area contributed by atoms with E-state index in [2.05, 4.69) is 57.3 Å². The SMILES string of the molecule is CC(=O)NCCC(CCOC(C)(C)C)COSc1ccc(C)cc1. The van der Waals surface area contributed by atoms with Crippen molar-refractivity contribution in [2.45, 2.75) is 58.0 Å². The van der Waals surface area contributed by atoms with Gasteiger partial charge in [0.1, 0.15) is 0 Å². The summed E-state index contributed by atoms with van der Waals surface area (Å²) in [5.41, 5.74) is 1.12. The lowest BCUT2D eigenvalue weighted by molar-refractivity contribution is -0.119. The Morgan fingerprint density at radius 3 is 2.46 bits per heavy atom. The first kappa shape index (κ1) is 21.0. The highest BCUT2D eigenvalue weighted by molar-refractivity contribution is 7.94. The van der Waals surface area contributed by atoms with Crippen molar-refractivity contribution < 1.29 is 13.7 Å². The van der Waals surface area contributed by atoms with Gasteiger partial charge in [0.15, 0.2) is 0 Å². The van der Waals surface area contributed by atoms with Gasteiger partial charge in [-0.3, -0.25) is 4.79 Å². The maximum Gasteiger partial charge on any atom is 0.216 e. The molecule has 24 heavy (non-hydrogen) atoms. The highest BCUT2D eigenvalue weighted by Crippen LogP contribution is 2.22. The fraction of sp³-hybridized carbons (Fsp3) is 0.632. The molecule has 1 unspecified atom stereocenters. The van der Waals surface area contributed by atoms with Crippen LogP contribution in [-0.2, 0) is 13.7 Å². The van der Waals surface area contributed by atoms with Crippen LogP contribution in [0.2, 0.25) is 0 Å². The molecule has 0 aliphatic rings. The second-order valence-electron chi connectivity index (χ2n) is 7.07. The second kappa shape index (κ2) is 10.7. The van der Waals surface area contributed by atoms with Crippen LogP contribution in [0.1, 0.15) is 46.1 Å². The van der Waals surface area contributed by atoms with Gasteiger partial charge in [-0.1, -0.05) is 17.7 Å². The molecular formula is C19H31NO3S. The average Bonchev–Trinajstić information content (AvgIpc) is 2.47. The van der Waals surface area contributed by atoms with Crippen molar-refractivity contribution in [3.63, 3.8) is 0 Å². The smallest absolute Gasteiger partial charge is 0.216 e. The third-order valence-corrected chi connectivity index (χ3v) is 4.19. The average molecular weight is 354 g/mol. The Morgan fingerprint density at radius 2 is 1.88 bits per heavy atom. The Balaban J connectivity index is 2.38. The molecular weight excluding hydrogens is 322 g/mol. The van der Waals surface area contributed by atoms with Crippen LogP contribution >= 0.6 is 12.0 Å². The Labute approximate surface area is 150 Å². The summed E-state index contributed by atoms with van der Waals surface area (Å²) in [6.45, 7) is 11.8. The highest BCUT2D eigenvalue weighted by Gasteiger charge is 2.14. The normalized spacial score (nSPS) is 12.9. The van der Waals surface area contributed by atoms with Gasteiger partial charge < -0.3 is 14.2 Å². The van der Waals surface area contributed by atoms with Crippen LogP contribution in [0.3, 0.4) is 0 Å². The molecule has 1 atom stereocenters. The van der Waals surface area contributed by atoms with E-state index in [1.54, 1.807) is 6.92 Å². The molecule has 1 rings (SSSR count). The van der Waals surface area contributed by atoms with Crippen molar-refractivity contribution >= 4 is 17.9 Å². The molecule has 1 aromatic rings. The van der Waals surface area contributed by atoms with Gasteiger partial charge in [-0.2, -0.15) is 0 Å². The van der Waals surface area contributed by atoms with E-state index in [-0.39, 0.29) is 11.5 Å². The van der Waals surface area contributed by atoms with E-state index in [1.807, 2.05) is 0 Å². The highest BCUT2D eigenvalue weighted by atomic mass is 32.2. The molecule has 0 radical (unpaired) electrons. The van der Waals surface area contributed by atoms with E-state index < -0.39 is 0 Å². The molecule has 0 fully saturated rings. The summed E-state index contributed by atoms with van der Waals surface area (Å²) in [6.07, 6.45) is 1.81. The van der Waals surface area contributed by atoms with Crippen molar-refractivity contribution in [3.8, 4) is 0 Å². The van der Waals surface area contributed by atoms with E-state index in [0.29, 0.717) is 25.7 Å². The van der Waals surface area contributed by atoms with Gasteiger partial charge in [0.05, 0.1) is 12.2 Å². The number of hydrogen-bond acceptors (Lipinski definition) is 4. The molecule has 0 heterocycles. The minimum Gasteiger partial charge on any atom is -0.376 e. The summed E-state index contributed by atoms with van der Waals surface area (Å²) in [5, 5.41) is 2.85. The Hall–Kier alpha value is -1.04. The van der Waals surface area contributed by atoms with Gasteiger partial charge in [0.2, 0.25) is 5.91 Å². The number of ether oxygens (including phenoxy) is 1. The summed E-state index contributed by atoms with van der Waals surface area (Å²) < 4.78 is 11.6. The third-order valence-electron chi connectivity index (χ3n) is 3.47. The Bertz CT molecular complexity index is 482. The third kappa shape index (κ3) is 10.7. The molecule has 0 aliphatic carbocycles. The van der Waals surface area contributed by atoms with Gasteiger partial charge >= 0.3 is 0 Å². The molecule has 0 aliphatic heterocycles. The van der Waals surface area contributed by atoms with Crippen LogP contribution in [0.5, 0.6) is 0 Å². The van der Waals surface area contributed by atoms with E-state index in [1.165, 1.54) is 17.6 Å². The molecule has 5 heteroatoms. The molecule has 1 amide bonds. The lowest BCUT2D eigenvalue weighted by Gasteiger charge is -2.22. The number of aryl methyl sites for hydroxylation is 1. The lowest BCUT2D eigenvalue weighted by Crippen LogP contribution is -2.26. The summed E-state index contributed by atoms with van der Waals surface area (Å²) in [7, 11) is 0. The molecule has 0 aromatic heterocycles. The van der Waals surface area contributed by atoms with Gasteiger partial charge in [0, 0.05) is 37.0 Å². The number of amides is 1. The van der Waals surface area contributed by atoms with Crippen molar-refractivity contribution in [1.29, 1.82) is 0 Å². The monoisotopic (exact) mass is 353 g/mol.